The third kappa shape index (κ3) is 6.46. The van der Waals surface area contributed by atoms with Gasteiger partial charge in [0.2, 0.25) is 6.73 Å². The molecule has 10 nitrogen and oxygen atoms in total. The zero-order chi connectivity index (χ0) is 29.0. The largest absolute Gasteiger partial charge is 0.512 e. The molecular formula is C30H40FN4O6+. The van der Waals surface area contributed by atoms with Gasteiger partial charge in [0.25, 0.3) is 5.56 Å². The first-order valence-electron chi connectivity index (χ1n) is 14.8. The molecule has 1 unspecified atom stereocenters. The second kappa shape index (κ2) is 12.7. The van der Waals surface area contributed by atoms with Gasteiger partial charge in [-0.25, -0.2) is 14.2 Å². The normalized spacial score (nSPS) is 22.4. The number of hydrogen-bond acceptors (Lipinski definition) is 8. The van der Waals surface area contributed by atoms with Gasteiger partial charge in [-0.05, 0) is 38.3 Å². The quantitative estimate of drug-likeness (QED) is 0.208. The van der Waals surface area contributed by atoms with Gasteiger partial charge in [-0.3, -0.25) is 13.8 Å². The number of piperidine rings is 1. The second-order valence-corrected chi connectivity index (χ2v) is 11.5. The summed E-state index contributed by atoms with van der Waals surface area (Å²) < 4.78 is 32.1. The van der Waals surface area contributed by atoms with E-state index < -0.39 is 12.3 Å². The Kier molecular flexibility index (Phi) is 9.03. The number of aryl methyl sites for hydroxylation is 1. The fourth-order valence-electron chi connectivity index (χ4n) is 6.17. The van der Waals surface area contributed by atoms with Gasteiger partial charge in [0.1, 0.15) is 17.7 Å². The lowest BCUT2D eigenvalue weighted by Gasteiger charge is -2.42. The number of rotatable bonds is 10. The van der Waals surface area contributed by atoms with Crippen LogP contribution in [0.2, 0.25) is 0 Å². The van der Waals surface area contributed by atoms with Crippen molar-refractivity contribution in [2.24, 2.45) is 0 Å². The molecular weight excluding hydrogens is 531 g/mol. The molecule has 1 N–H and O–H groups in total. The molecule has 3 aromatic rings. The van der Waals surface area contributed by atoms with Gasteiger partial charge >= 0.3 is 6.16 Å². The Bertz CT molecular complexity index is 1430. The maximum Gasteiger partial charge on any atom is 0.512 e. The van der Waals surface area contributed by atoms with Crippen molar-refractivity contribution >= 4 is 17.1 Å². The lowest BCUT2D eigenvalue weighted by molar-refractivity contribution is -0.948. The number of carbonyl (C=O) groups is 1. The summed E-state index contributed by atoms with van der Waals surface area (Å²) in [5, 5.41) is 15.4. The third-order valence-corrected chi connectivity index (χ3v) is 8.67. The van der Waals surface area contributed by atoms with Crippen LogP contribution in [0.3, 0.4) is 0 Å². The molecule has 2 aromatic heterocycles. The van der Waals surface area contributed by atoms with E-state index in [2.05, 4.69) is 17.1 Å². The molecule has 2 aliphatic rings. The number of nitrogens with zero attached hydrogens (tertiary/aromatic N) is 4. The van der Waals surface area contributed by atoms with Crippen molar-refractivity contribution in [1.29, 1.82) is 0 Å². The molecule has 0 amide bonds. The van der Waals surface area contributed by atoms with Crippen molar-refractivity contribution in [3.05, 3.63) is 57.1 Å². The number of unbranched alkanes of at least 4 members (excludes halogenated alkanes) is 2. The van der Waals surface area contributed by atoms with E-state index in [9.17, 15) is 19.1 Å². The topological polar surface area (TPSA) is 117 Å². The minimum Gasteiger partial charge on any atom is -0.434 e. The zero-order valence-corrected chi connectivity index (χ0v) is 23.9. The number of aliphatic hydroxyl groups excluding tert-OH is 1. The number of halogens is 1. The van der Waals surface area contributed by atoms with Crippen LogP contribution in [0.1, 0.15) is 86.7 Å². The predicted molar refractivity (Wildman–Crippen MR) is 149 cm³/mol. The summed E-state index contributed by atoms with van der Waals surface area (Å²) in [4.78, 5) is 30.4. The minimum atomic E-state index is -0.720. The number of fused-ring (bicyclic) bond motifs is 2. The molecule has 0 bridgehead atoms. The number of aromatic nitrogens is 3. The predicted octanol–water partition coefficient (Wildman–Crippen LogP) is 4.90. The molecule has 1 saturated heterocycles. The average molecular weight is 572 g/mol. The summed E-state index contributed by atoms with van der Waals surface area (Å²) in [5.41, 5.74) is 2.42. The molecule has 1 fully saturated rings. The second-order valence-electron chi connectivity index (χ2n) is 11.5. The van der Waals surface area contributed by atoms with Crippen LogP contribution in [0.25, 0.3) is 11.0 Å². The number of ether oxygens (including phenoxy) is 2. The Hall–Kier alpha value is -3.31. The summed E-state index contributed by atoms with van der Waals surface area (Å²) in [6.45, 7) is 6.90. The number of benzene rings is 1. The first kappa shape index (κ1) is 29.2. The van der Waals surface area contributed by atoms with Crippen LogP contribution >= 0.6 is 0 Å². The van der Waals surface area contributed by atoms with Crippen LogP contribution in [0.5, 0.6) is 0 Å². The van der Waals surface area contributed by atoms with Crippen molar-refractivity contribution in [3.63, 3.8) is 0 Å². The number of quaternary nitrogens is 1. The van der Waals surface area contributed by atoms with Crippen LogP contribution in [0, 0.1) is 12.7 Å². The van der Waals surface area contributed by atoms with E-state index in [1.807, 2.05) is 6.92 Å². The maximum atomic E-state index is 13.7. The number of carbonyl (C=O) groups excluding carboxylic acids is 1. The van der Waals surface area contributed by atoms with Gasteiger partial charge in [-0.15, -0.1) is 0 Å². The number of aliphatic hydroxyl groups is 1. The number of likely N-dealkylation sites (tertiary alicyclic amines) is 1. The van der Waals surface area contributed by atoms with E-state index in [0.29, 0.717) is 72.8 Å². The molecule has 2 aliphatic heterocycles. The van der Waals surface area contributed by atoms with Crippen LogP contribution in [0.15, 0.2) is 27.5 Å². The van der Waals surface area contributed by atoms with Crippen LogP contribution in [-0.4, -0.2) is 63.4 Å². The molecule has 222 valence electrons. The molecule has 5 rings (SSSR count). The molecule has 0 aliphatic carbocycles. The lowest BCUT2D eigenvalue weighted by atomic mass is 9.90. The van der Waals surface area contributed by atoms with E-state index >= 15 is 0 Å². The van der Waals surface area contributed by atoms with Crippen molar-refractivity contribution in [3.8, 4) is 0 Å². The SMILES string of the molecule is CCCCCOC(=O)OC[N+]1(CCc2c(C)nc3n(c2=O)CCCC3O)CCC(c2noc3cc(F)ccc23)CC1. The summed E-state index contributed by atoms with van der Waals surface area (Å²) in [5.74, 6) is 0.199. The van der Waals surface area contributed by atoms with Gasteiger partial charge in [0, 0.05) is 54.4 Å². The van der Waals surface area contributed by atoms with Crippen molar-refractivity contribution < 1.29 is 32.8 Å². The summed E-state index contributed by atoms with van der Waals surface area (Å²) in [6.07, 6.45) is 4.76. The Labute approximate surface area is 238 Å². The Morgan fingerprint density at radius 2 is 2.02 bits per heavy atom. The molecule has 1 atom stereocenters. The standard InChI is InChI=1S/C30H40FN4O6/c1-3-4-5-17-39-30(38)40-19-35(16-12-23-20(2)32-28-25(36)7-6-13-34(28)29(23)37)14-10-21(11-15-35)27-24-9-8-22(31)18-26(24)41-33-27/h8-9,18,21,25,36H,3-7,10-17,19H2,1-2H3/q+1. The maximum absolute atomic E-state index is 13.7. The molecule has 1 aromatic carbocycles. The van der Waals surface area contributed by atoms with Crippen molar-refractivity contribution in [1.82, 2.24) is 14.7 Å². The van der Waals surface area contributed by atoms with E-state index in [4.69, 9.17) is 14.0 Å². The summed E-state index contributed by atoms with van der Waals surface area (Å²) in [7, 11) is 0. The first-order chi connectivity index (χ1) is 19.8. The van der Waals surface area contributed by atoms with E-state index in [1.165, 1.54) is 12.1 Å². The smallest absolute Gasteiger partial charge is 0.434 e. The Morgan fingerprint density at radius 1 is 1.22 bits per heavy atom. The van der Waals surface area contributed by atoms with Crippen LogP contribution < -0.4 is 5.56 Å². The fourth-order valence-corrected chi connectivity index (χ4v) is 6.17. The highest BCUT2D eigenvalue weighted by Gasteiger charge is 2.38. The average Bonchev–Trinajstić information content (AvgIpc) is 3.38. The first-order valence-corrected chi connectivity index (χ1v) is 14.8. The van der Waals surface area contributed by atoms with Crippen molar-refractivity contribution in [2.45, 2.75) is 83.8 Å². The Morgan fingerprint density at radius 3 is 2.80 bits per heavy atom. The van der Waals surface area contributed by atoms with Gasteiger partial charge in [0.15, 0.2) is 5.58 Å². The molecule has 0 saturated carbocycles. The molecule has 11 heteroatoms. The number of hydrogen-bond donors (Lipinski definition) is 1. The van der Waals surface area contributed by atoms with Gasteiger partial charge in [-0.1, -0.05) is 24.9 Å². The van der Waals surface area contributed by atoms with Crippen LogP contribution in [0.4, 0.5) is 9.18 Å². The molecule has 0 radical (unpaired) electrons. The van der Waals surface area contributed by atoms with E-state index in [0.717, 1.165) is 49.6 Å². The van der Waals surface area contributed by atoms with Gasteiger partial charge < -0.3 is 19.1 Å². The summed E-state index contributed by atoms with van der Waals surface area (Å²) in [6, 6.07) is 4.47. The fraction of sp³-hybridized carbons (Fsp3) is 0.600. The monoisotopic (exact) mass is 571 g/mol. The molecule has 0 spiro atoms. The Balaban J connectivity index is 1.32. The van der Waals surface area contributed by atoms with E-state index in [1.54, 1.807) is 10.6 Å². The third-order valence-electron chi connectivity index (χ3n) is 8.67. The highest BCUT2D eigenvalue weighted by Crippen LogP contribution is 2.35. The highest BCUT2D eigenvalue weighted by atomic mass is 19.1. The molecule has 4 heterocycles. The highest BCUT2D eigenvalue weighted by molar-refractivity contribution is 5.79. The van der Waals surface area contributed by atoms with Crippen LogP contribution in [-0.2, 0) is 22.4 Å². The lowest BCUT2D eigenvalue weighted by Crippen LogP contribution is -2.55. The van der Waals surface area contributed by atoms with Gasteiger partial charge in [-0.2, -0.15) is 0 Å². The van der Waals surface area contributed by atoms with E-state index in [-0.39, 0.29) is 24.0 Å². The zero-order valence-electron chi connectivity index (χ0n) is 23.9. The summed E-state index contributed by atoms with van der Waals surface area (Å²) >= 11 is 0. The molecule has 41 heavy (non-hydrogen) atoms. The van der Waals surface area contributed by atoms with Crippen molar-refractivity contribution in [2.75, 3.05) is 33.0 Å². The van der Waals surface area contributed by atoms with Gasteiger partial charge in [0.05, 0.1) is 31.9 Å². The minimum absolute atomic E-state index is 0.100.